The number of unbranched alkanes of at least 4 members (excludes halogenated alkanes) is 1. The largest absolute Gasteiger partial charge is 0.466 e. The van der Waals surface area contributed by atoms with E-state index < -0.39 is 0 Å². The molecule has 0 aliphatic rings. The lowest BCUT2D eigenvalue weighted by Crippen LogP contribution is -2.08. The molecule has 0 spiro atoms. The second-order valence-corrected chi connectivity index (χ2v) is 5.63. The Morgan fingerprint density at radius 3 is 2.24 bits per heavy atom. The van der Waals surface area contributed by atoms with Crippen LogP contribution in [0, 0.1) is 0 Å². The second-order valence-electron chi connectivity index (χ2n) is 4.71. The first-order chi connectivity index (χ1) is 10.1. The van der Waals surface area contributed by atoms with E-state index in [1.165, 1.54) is 0 Å². The molecule has 1 rings (SSSR count). The molecule has 0 saturated heterocycles. The lowest BCUT2D eigenvalue weighted by molar-refractivity contribution is -0.146. The zero-order valence-corrected chi connectivity index (χ0v) is 13.9. The Morgan fingerprint density at radius 1 is 1.00 bits per heavy atom. The molecule has 116 valence electrons. The number of benzene rings is 1. The van der Waals surface area contributed by atoms with E-state index in [1.807, 2.05) is 31.2 Å². The summed E-state index contributed by atoms with van der Waals surface area (Å²) in [4.78, 5) is 22.9. The summed E-state index contributed by atoms with van der Waals surface area (Å²) in [7, 11) is 0. The molecular weight excluding hydrogens is 336 g/mol. The Kier molecular flexibility index (Phi) is 8.74. The number of hydrogen-bond acceptors (Lipinski definition) is 4. The summed E-state index contributed by atoms with van der Waals surface area (Å²) >= 11 is 3.34. The first kappa shape index (κ1) is 17.7. The molecule has 0 aliphatic carbocycles. The van der Waals surface area contributed by atoms with Gasteiger partial charge < -0.3 is 9.47 Å². The van der Waals surface area contributed by atoms with Crippen LogP contribution in [0.5, 0.6) is 0 Å². The van der Waals surface area contributed by atoms with Gasteiger partial charge in [0.25, 0.3) is 0 Å². The van der Waals surface area contributed by atoms with Crippen molar-refractivity contribution in [2.75, 3.05) is 6.61 Å². The second kappa shape index (κ2) is 10.4. The summed E-state index contributed by atoms with van der Waals surface area (Å²) in [5.41, 5.74) is 0.936. The van der Waals surface area contributed by atoms with Crippen molar-refractivity contribution in [1.29, 1.82) is 0 Å². The van der Waals surface area contributed by atoms with Gasteiger partial charge in [0.15, 0.2) is 0 Å². The number of carbonyl (C=O) groups excluding carboxylic acids is 2. The van der Waals surface area contributed by atoms with Gasteiger partial charge in [-0.3, -0.25) is 9.59 Å². The van der Waals surface area contributed by atoms with Crippen molar-refractivity contribution in [3.05, 3.63) is 34.3 Å². The third kappa shape index (κ3) is 8.50. The van der Waals surface area contributed by atoms with Crippen LogP contribution in [0.1, 0.15) is 44.6 Å². The highest BCUT2D eigenvalue weighted by molar-refractivity contribution is 9.10. The minimum atomic E-state index is -0.292. The van der Waals surface area contributed by atoms with E-state index in [0.717, 1.165) is 22.9 Å². The maximum Gasteiger partial charge on any atom is 0.306 e. The molecule has 0 radical (unpaired) electrons. The van der Waals surface area contributed by atoms with Crippen LogP contribution in [0.2, 0.25) is 0 Å². The SMILES string of the molecule is CCCCOC(=O)CCCC(=O)OCc1ccc(Br)cc1. The molecule has 0 fully saturated rings. The summed E-state index contributed by atoms with van der Waals surface area (Å²) in [6, 6.07) is 7.58. The summed E-state index contributed by atoms with van der Waals surface area (Å²) in [5.74, 6) is -0.538. The number of rotatable bonds is 9. The fourth-order valence-electron chi connectivity index (χ4n) is 1.60. The lowest BCUT2D eigenvalue weighted by atomic mass is 10.2. The van der Waals surface area contributed by atoms with Gasteiger partial charge in [-0.25, -0.2) is 0 Å². The zero-order valence-electron chi connectivity index (χ0n) is 12.3. The molecule has 0 aliphatic heterocycles. The van der Waals surface area contributed by atoms with Gasteiger partial charge in [0.1, 0.15) is 6.61 Å². The summed E-state index contributed by atoms with van der Waals surface area (Å²) in [5, 5.41) is 0. The van der Waals surface area contributed by atoms with Crippen molar-refractivity contribution in [2.45, 2.75) is 45.6 Å². The van der Waals surface area contributed by atoms with Crippen molar-refractivity contribution in [3.63, 3.8) is 0 Å². The van der Waals surface area contributed by atoms with E-state index in [1.54, 1.807) is 0 Å². The molecule has 0 unspecified atom stereocenters. The van der Waals surface area contributed by atoms with Crippen molar-refractivity contribution in [3.8, 4) is 0 Å². The van der Waals surface area contributed by atoms with E-state index in [9.17, 15) is 9.59 Å². The molecule has 21 heavy (non-hydrogen) atoms. The molecule has 1 aromatic rings. The Morgan fingerprint density at radius 2 is 1.62 bits per heavy atom. The highest BCUT2D eigenvalue weighted by Crippen LogP contribution is 2.11. The van der Waals surface area contributed by atoms with E-state index in [-0.39, 0.29) is 31.4 Å². The maximum absolute atomic E-state index is 11.5. The van der Waals surface area contributed by atoms with E-state index in [2.05, 4.69) is 15.9 Å². The monoisotopic (exact) mass is 356 g/mol. The van der Waals surface area contributed by atoms with Crippen molar-refractivity contribution < 1.29 is 19.1 Å². The summed E-state index contributed by atoms with van der Waals surface area (Å²) in [6.07, 6.45) is 2.83. The minimum absolute atomic E-state index is 0.236. The van der Waals surface area contributed by atoms with E-state index >= 15 is 0 Å². The topological polar surface area (TPSA) is 52.6 Å². The molecular formula is C16H21BrO4. The summed E-state index contributed by atoms with van der Waals surface area (Å²) in [6.45, 7) is 2.76. The predicted molar refractivity (Wildman–Crippen MR) is 83.7 cm³/mol. The average Bonchev–Trinajstić information content (AvgIpc) is 2.47. The lowest BCUT2D eigenvalue weighted by Gasteiger charge is -2.06. The summed E-state index contributed by atoms with van der Waals surface area (Å²) < 4.78 is 11.1. The Labute approximate surface area is 133 Å². The molecule has 0 saturated carbocycles. The van der Waals surface area contributed by atoms with Crippen LogP contribution in [0.4, 0.5) is 0 Å². The Bertz CT molecular complexity index is 442. The van der Waals surface area contributed by atoms with Gasteiger partial charge in [0.05, 0.1) is 6.61 Å². The number of ether oxygens (including phenoxy) is 2. The smallest absolute Gasteiger partial charge is 0.306 e. The zero-order chi connectivity index (χ0) is 15.5. The van der Waals surface area contributed by atoms with Gasteiger partial charge in [0.2, 0.25) is 0 Å². The molecule has 0 N–H and O–H groups in total. The fraction of sp³-hybridized carbons (Fsp3) is 0.500. The number of esters is 2. The van der Waals surface area contributed by atoms with Gasteiger partial charge in [-0.05, 0) is 30.5 Å². The van der Waals surface area contributed by atoms with Gasteiger partial charge in [0, 0.05) is 17.3 Å². The van der Waals surface area contributed by atoms with Gasteiger partial charge >= 0.3 is 11.9 Å². The van der Waals surface area contributed by atoms with Crippen LogP contribution < -0.4 is 0 Å². The van der Waals surface area contributed by atoms with Crippen molar-refractivity contribution in [1.82, 2.24) is 0 Å². The van der Waals surface area contributed by atoms with Crippen molar-refractivity contribution in [2.24, 2.45) is 0 Å². The molecule has 1 aromatic carbocycles. The highest BCUT2D eigenvalue weighted by atomic mass is 79.9. The Hall–Kier alpha value is -1.36. The average molecular weight is 357 g/mol. The van der Waals surface area contributed by atoms with Crippen LogP contribution in [0.15, 0.2) is 28.7 Å². The molecule has 0 bridgehead atoms. The maximum atomic E-state index is 11.5. The van der Waals surface area contributed by atoms with Crippen LogP contribution in [0.25, 0.3) is 0 Å². The molecule has 0 aromatic heterocycles. The third-order valence-corrected chi connectivity index (χ3v) is 3.36. The third-order valence-electron chi connectivity index (χ3n) is 2.84. The van der Waals surface area contributed by atoms with Gasteiger partial charge in [-0.15, -0.1) is 0 Å². The number of hydrogen-bond donors (Lipinski definition) is 0. The quantitative estimate of drug-likeness (QED) is 0.495. The van der Waals surface area contributed by atoms with Crippen LogP contribution in [-0.2, 0) is 25.7 Å². The normalized spacial score (nSPS) is 10.2. The van der Waals surface area contributed by atoms with Gasteiger partial charge in [-0.1, -0.05) is 41.4 Å². The predicted octanol–water partition coefficient (Wildman–Crippen LogP) is 4.01. The standard InChI is InChI=1S/C16H21BrO4/c1-2-3-11-20-15(18)5-4-6-16(19)21-12-13-7-9-14(17)10-8-13/h7-10H,2-6,11-12H2,1H3. The van der Waals surface area contributed by atoms with E-state index in [0.29, 0.717) is 13.0 Å². The van der Waals surface area contributed by atoms with Crippen LogP contribution in [0.3, 0.4) is 0 Å². The fourth-order valence-corrected chi connectivity index (χ4v) is 1.86. The molecule has 0 heterocycles. The van der Waals surface area contributed by atoms with E-state index in [4.69, 9.17) is 9.47 Å². The molecule has 4 nitrogen and oxygen atoms in total. The van der Waals surface area contributed by atoms with Crippen LogP contribution >= 0.6 is 15.9 Å². The number of halogens is 1. The molecule has 0 amide bonds. The minimum Gasteiger partial charge on any atom is -0.466 e. The Balaban J connectivity index is 2.11. The molecule has 0 atom stereocenters. The first-order valence-electron chi connectivity index (χ1n) is 7.17. The first-order valence-corrected chi connectivity index (χ1v) is 7.96. The number of carbonyl (C=O) groups is 2. The van der Waals surface area contributed by atoms with Crippen molar-refractivity contribution >= 4 is 27.9 Å². The van der Waals surface area contributed by atoms with Crippen LogP contribution in [-0.4, -0.2) is 18.5 Å². The molecule has 5 heteroatoms. The highest BCUT2D eigenvalue weighted by Gasteiger charge is 2.07. The van der Waals surface area contributed by atoms with Gasteiger partial charge in [-0.2, -0.15) is 0 Å².